The molecule has 1 fully saturated rings. The molecule has 0 saturated heterocycles. The van der Waals surface area contributed by atoms with Gasteiger partial charge in [0, 0.05) is 5.69 Å². The molecule has 9 nitrogen and oxygen atoms in total. The number of nitrogens with zero attached hydrogens (tertiary/aromatic N) is 1. The average Bonchev–Trinajstić information content (AvgIpc) is 2.85. The van der Waals surface area contributed by atoms with Crippen LogP contribution in [-0.4, -0.2) is 41.9 Å². The van der Waals surface area contributed by atoms with Gasteiger partial charge in [-0.15, -0.1) is 0 Å². The molecule has 184 valence electrons. The Morgan fingerprint density at radius 2 is 1.63 bits per heavy atom. The molecule has 2 aromatic carbocycles. The third kappa shape index (κ3) is 7.01. The number of esters is 1. The molecular formula is C26H28N2O7. The van der Waals surface area contributed by atoms with Gasteiger partial charge in [0.15, 0.2) is 5.41 Å². The van der Waals surface area contributed by atoms with Crippen molar-refractivity contribution in [2.45, 2.75) is 51.6 Å². The second kappa shape index (κ2) is 11.9. The van der Waals surface area contributed by atoms with Crippen LogP contribution in [0.15, 0.2) is 53.5 Å². The Morgan fingerprint density at radius 1 is 1.03 bits per heavy atom. The van der Waals surface area contributed by atoms with Crippen molar-refractivity contribution in [3.05, 3.63) is 59.7 Å². The highest BCUT2D eigenvalue weighted by Crippen LogP contribution is 2.37. The molecule has 2 N–H and O–H groups in total. The average molecular weight is 481 g/mol. The first-order valence-corrected chi connectivity index (χ1v) is 11.5. The van der Waals surface area contributed by atoms with Crippen molar-refractivity contribution in [1.29, 1.82) is 0 Å². The fraction of sp³-hybridized carbons (Fsp3) is 0.385. The summed E-state index contributed by atoms with van der Waals surface area (Å²) in [7, 11) is 0. The van der Waals surface area contributed by atoms with E-state index < -0.39 is 29.6 Å². The first-order valence-electron chi connectivity index (χ1n) is 11.5. The van der Waals surface area contributed by atoms with Gasteiger partial charge in [0.2, 0.25) is 6.08 Å². The number of rotatable bonds is 9. The van der Waals surface area contributed by atoms with E-state index in [0.29, 0.717) is 30.6 Å². The summed E-state index contributed by atoms with van der Waals surface area (Å²) in [5, 5.41) is 12.2. The molecule has 0 bridgehead atoms. The minimum Gasteiger partial charge on any atom is -0.480 e. The summed E-state index contributed by atoms with van der Waals surface area (Å²) in [5.74, 6) is -1.94. The van der Waals surface area contributed by atoms with E-state index in [9.17, 15) is 24.3 Å². The van der Waals surface area contributed by atoms with Crippen molar-refractivity contribution in [3.63, 3.8) is 0 Å². The third-order valence-corrected chi connectivity index (χ3v) is 5.98. The van der Waals surface area contributed by atoms with E-state index in [4.69, 9.17) is 9.47 Å². The molecule has 3 rings (SSSR count). The number of carbonyl (C=O) groups is 3. The van der Waals surface area contributed by atoms with Crippen LogP contribution < -0.4 is 5.32 Å². The summed E-state index contributed by atoms with van der Waals surface area (Å²) in [6.45, 7) is 1.34. The maximum atomic E-state index is 12.5. The zero-order chi connectivity index (χ0) is 25.3. The predicted molar refractivity (Wildman–Crippen MR) is 127 cm³/mol. The second-order valence-electron chi connectivity index (χ2n) is 8.63. The molecule has 1 saturated carbocycles. The number of carboxylic acids is 1. The van der Waals surface area contributed by atoms with Crippen molar-refractivity contribution >= 4 is 35.5 Å². The zero-order valence-electron chi connectivity index (χ0n) is 19.5. The van der Waals surface area contributed by atoms with Gasteiger partial charge >= 0.3 is 18.0 Å². The number of ether oxygens (including phenoxy) is 2. The SMILES string of the molecule is CC(COC(=O)C1(C(=O)O)CCCCC1)OC(=O)Nc1ccc(Cc2ccc(N=C=O)cc2)cc1. The van der Waals surface area contributed by atoms with Crippen LogP contribution in [0.4, 0.5) is 16.2 Å². The molecule has 1 aliphatic rings. The van der Waals surface area contributed by atoms with Crippen molar-refractivity contribution in [2.24, 2.45) is 10.4 Å². The van der Waals surface area contributed by atoms with Crippen molar-refractivity contribution in [1.82, 2.24) is 0 Å². The minimum atomic E-state index is -1.51. The van der Waals surface area contributed by atoms with Gasteiger partial charge in [0.1, 0.15) is 12.7 Å². The van der Waals surface area contributed by atoms with Gasteiger partial charge in [-0.1, -0.05) is 43.5 Å². The highest BCUT2D eigenvalue weighted by atomic mass is 16.6. The molecule has 0 radical (unpaired) electrons. The molecule has 0 aromatic heterocycles. The molecule has 0 heterocycles. The summed E-state index contributed by atoms with van der Waals surface area (Å²) in [6, 6.07) is 14.4. The van der Waals surface area contributed by atoms with Crippen LogP contribution in [-0.2, 0) is 30.3 Å². The number of aliphatic carboxylic acids is 1. The van der Waals surface area contributed by atoms with Crippen LogP contribution in [0.3, 0.4) is 0 Å². The number of carbonyl (C=O) groups excluding carboxylic acids is 3. The Balaban J connectivity index is 1.46. The Bertz CT molecular complexity index is 1080. The molecule has 1 amide bonds. The van der Waals surface area contributed by atoms with E-state index in [1.165, 1.54) is 6.08 Å². The van der Waals surface area contributed by atoms with Gasteiger partial charge < -0.3 is 14.6 Å². The van der Waals surface area contributed by atoms with E-state index in [1.54, 1.807) is 31.2 Å². The number of hydrogen-bond acceptors (Lipinski definition) is 7. The molecule has 1 atom stereocenters. The second-order valence-corrected chi connectivity index (χ2v) is 8.63. The van der Waals surface area contributed by atoms with Gasteiger partial charge in [-0.25, -0.2) is 9.59 Å². The number of benzene rings is 2. The Hall–Kier alpha value is -3.97. The monoisotopic (exact) mass is 480 g/mol. The lowest BCUT2D eigenvalue weighted by molar-refractivity contribution is -0.173. The van der Waals surface area contributed by atoms with Gasteiger partial charge in [0.25, 0.3) is 0 Å². The first-order chi connectivity index (χ1) is 16.8. The molecule has 2 aromatic rings. The Morgan fingerprint density at radius 3 is 2.20 bits per heavy atom. The van der Waals surface area contributed by atoms with E-state index in [-0.39, 0.29) is 19.4 Å². The fourth-order valence-electron chi connectivity index (χ4n) is 4.04. The standard InChI is InChI=1S/C26H28N2O7/c1-18(16-34-24(32)26(23(30)31)13-3-2-4-14-26)35-25(33)28-22-11-7-20(8-12-22)15-19-5-9-21(10-6-19)27-17-29/h5-12,18H,2-4,13-16H2,1H3,(H,28,33)(H,30,31). The molecule has 1 unspecified atom stereocenters. The number of isocyanates is 1. The summed E-state index contributed by atoms with van der Waals surface area (Å²) in [6.07, 6.45) is 3.45. The van der Waals surface area contributed by atoms with Crippen LogP contribution in [0.2, 0.25) is 0 Å². The maximum Gasteiger partial charge on any atom is 0.412 e. The lowest BCUT2D eigenvalue weighted by Crippen LogP contribution is -2.43. The van der Waals surface area contributed by atoms with Gasteiger partial charge in [-0.2, -0.15) is 4.99 Å². The summed E-state index contributed by atoms with van der Waals surface area (Å²) >= 11 is 0. The quantitative estimate of drug-likeness (QED) is 0.229. The summed E-state index contributed by atoms with van der Waals surface area (Å²) in [4.78, 5) is 50.2. The zero-order valence-corrected chi connectivity index (χ0v) is 19.5. The molecule has 1 aliphatic carbocycles. The summed E-state index contributed by atoms with van der Waals surface area (Å²) in [5.41, 5.74) is 1.63. The number of hydrogen-bond donors (Lipinski definition) is 2. The Labute approximate surface area is 203 Å². The smallest absolute Gasteiger partial charge is 0.412 e. The normalized spacial score (nSPS) is 15.2. The largest absolute Gasteiger partial charge is 0.480 e. The summed E-state index contributed by atoms with van der Waals surface area (Å²) < 4.78 is 10.4. The van der Waals surface area contributed by atoms with Crippen molar-refractivity contribution < 1.29 is 33.8 Å². The highest BCUT2D eigenvalue weighted by Gasteiger charge is 2.48. The fourth-order valence-corrected chi connectivity index (χ4v) is 4.04. The number of nitrogens with one attached hydrogen (secondary N) is 1. The van der Waals surface area contributed by atoms with Gasteiger partial charge in [0.05, 0.1) is 5.69 Å². The van der Waals surface area contributed by atoms with Gasteiger partial charge in [-0.3, -0.25) is 14.9 Å². The number of aliphatic imine (C=N–C) groups is 1. The van der Waals surface area contributed by atoms with E-state index in [0.717, 1.165) is 17.5 Å². The van der Waals surface area contributed by atoms with Gasteiger partial charge in [-0.05, 0) is 61.6 Å². The Kier molecular flexibility index (Phi) is 8.75. The van der Waals surface area contributed by atoms with Crippen LogP contribution in [0.5, 0.6) is 0 Å². The van der Waals surface area contributed by atoms with Crippen molar-refractivity contribution in [2.75, 3.05) is 11.9 Å². The van der Waals surface area contributed by atoms with E-state index >= 15 is 0 Å². The topological polar surface area (TPSA) is 131 Å². The van der Waals surface area contributed by atoms with Crippen LogP contribution in [0.1, 0.15) is 50.2 Å². The van der Waals surface area contributed by atoms with E-state index in [1.807, 2.05) is 24.3 Å². The lowest BCUT2D eigenvalue weighted by atomic mass is 9.74. The van der Waals surface area contributed by atoms with E-state index in [2.05, 4.69) is 10.3 Å². The third-order valence-electron chi connectivity index (χ3n) is 5.98. The van der Waals surface area contributed by atoms with Crippen LogP contribution in [0.25, 0.3) is 0 Å². The highest BCUT2D eigenvalue weighted by molar-refractivity contribution is 5.99. The molecule has 0 spiro atoms. The van der Waals surface area contributed by atoms with Crippen LogP contribution >= 0.6 is 0 Å². The number of amides is 1. The molecule has 0 aliphatic heterocycles. The first kappa shape index (κ1) is 25.6. The van der Waals surface area contributed by atoms with Crippen LogP contribution in [0, 0.1) is 5.41 Å². The predicted octanol–water partition coefficient (Wildman–Crippen LogP) is 4.76. The molecular weight excluding hydrogens is 452 g/mol. The number of anilines is 1. The molecule has 35 heavy (non-hydrogen) atoms. The maximum absolute atomic E-state index is 12.5. The lowest BCUT2D eigenvalue weighted by Gasteiger charge is -2.31. The van der Waals surface area contributed by atoms with Crippen molar-refractivity contribution in [3.8, 4) is 0 Å². The minimum absolute atomic E-state index is 0.225. The number of carboxylic acid groups (broad SMARTS) is 1. The molecule has 9 heteroatoms.